The average molecular weight is 454 g/mol. The molecule has 2 aromatic heterocycles. The van der Waals surface area contributed by atoms with E-state index < -0.39 is 0 Å². The molecule has 0 bridgehead atoms. The molecule has 2 heterocycles. The minimum atomic E-state index is -0.227. The first kappa shape index (κ1) is 16.9. The van der Waals surface area contributed by atoms with Gasteiger partial charge < -0.3 is 5.32 Å². The lowest BCUT2D eigenvalue weighted by molar-refractivity contribution is -0.120. The average Bonchev–Trinajstić information content (AvgIpc) is 2.57. The van der Waals surface area contributed by atoms with Crippen LogP contribution in [0.25, 0.3) is 5.65 Å². The maximum absolute atomic E-state index is 12.5. The van der Waals surface area contributed by atoms with Gasteiger partial charge in [-0.1, -0.05) is 23.7 Å². The number of carbonyl (C=O) groups is 1. The molecule has 1 N–H and O–H groups in total. The topological polar surface area (TPSA) is 63.5 Å². The molecule has 3 rings (SSSR count). The van der Waals surface area contributed by atoms with Crippen molar-refractivity contribution in [1.29, 1.82) is 0 Å². The van der Waals surface area contributed by atoms with Gasteiger partial charge in [-0.05, 0) is 52.4 Å². The maximum atomic E-state index is 12.5. The molecule has 0 spiro atoms. The Kier molecular flexibility index (Phi) is 5.15. The molecule has 0 unspecified atom stereocenters. The number of pyridine rings is 1. The van der Waals surface area contributed by atoms with Gasteiger partial charge in [0.25, 0.3) is 5.56 Å². The van der Waals surface area contributed by atoms with E-state index in [1.165, 1.54) is 10.6 Å². The second-order valence-corrected chi connectivity index (χ2v) is 6.93. The van der Waals surface area contributed by atoms with E-state index in [4.69, 9.17) is 11.6 Å². The third kappa shape index (κ3) is 3.93. The SMILES string of the molecule is O=C(Cc1cnc2ccc(I)cn2c1=O)NCc1ccc(Cl)cc1. The van der Waals surface area contributed by atoms with E-state index in [-0.39, 0.29) is 17.9 Å². The lowest BCUT2D eigenvalue weighted by Crippen LogP contribution is -2.29. The number of amides is 1. The lowest BCUT2D eigenvalue weighted by atomic mass is 10.2. The zero-order valence-electron chi connectivity index (χ0n) is 12.5. The summed E-state index contributed by atoms with van der Waals surface area (Å²) in [7, 11) is 0. The van der Waals surface area contributed by atoms with Crippen LogP contribution in [0.1, 0.15) is 11.1 Å². The van der Waals surface area contributed by atoms with Crippen LogP contribution < -0.4 is 10.9 Å². The highest BCUT2D eigenvalue weighted by atomic mass is 127. The minimum Gasteiger partial charge on any atom is -0.352 e. The Morgan fingerprint density at radius 2 is 1.96 bits per heavy atom. The van der Waals surface area contributed by atoms with Crippen molar-refractivity contribution in [2.45, 2.75) is 13.0 Å². The second-order valence-electron chi connectivity index (χ2n) is 5.24. The van der Waals surface area contributed by atoms with Crippen LogP contribution in [-0.2, 0) is 17.8 Å². The van der Waals surface area contributed by atoms with Crippen molar-refractivity contribution >= 4 is 45.7 Å². The number of aromatic nitrogens is 2. The summed E-state index contributed by atoms with van der Waals surface area (Å²) in [5, 5.41) is 3.44. The molecule has 0 aliphatic heterocycles. The van der Waals surface area contributed by atoms with Crippen molar-refractivity contribution in [3.05, 3.63) is 78.9 Å². The first-order chi connectivity index (χ1) is 11.5. The Balaban J connectivity index is 1.72. The molecule has 0 aliphatic carbocycles. The highest BCUT2D eigenvalue weighted by Gasteiger charge is 2.10. The van der Waals surface area contributed by atoms with Crippen LogP contribution in [0.2, 0.25) is 5.02 Å². The fourth-order valence-electron chi connectivity index (χ4n) is 2.25. The smallest absolute Gasteiger partial charge is 0.261 e. The van der Waals surface area contributed by atoms with Gasteiger partial charge in [-0.2, -0.15) is 0 Å². The third-order valence-corrected chi connectivity index (χ3v) is 4.38. The molecule has 0 atom stereocenters. The van der Waals surface area contributed by atoms with Gasteiger partial charge in [0, 0.05) is 33.1 Å². The monoisotopic (exact) mass is 453 g/mol. The molecule has 5 nitrogen and oxygen atoms in total. The predicted octanol–water partition coefficient (Wildman–Crippen LogP) is 2.81. The van der Waals surface area contributed by atoms with Crippen LogP contribution >= 0.6 is 34.2 Å². The zero-order valence-corrected chi connectivity index (χ0v) is 15.4. The molecule has 0 saturated heterocycles. The summed E-state index contributed by atoms with van der Waals surface area (Å²) >= 11 is 7.95. The minimum absolute atomic E-state index is 0.00611. The molecule has 1 aromatic carbocycles. The number of hydrogen-bond acceptors (Lipinski definition) is 3. The van der Waals surface area contributed by atoms with Gasteiger partial charge in [0.1, 0.15) is 5.65 Å². The Hall–Kier alpha value is -1.93. The number of halogens is 2. The van der Waals surface area contributed by atoms with Crippen molar-refractivity contribution in [3.63, 3.8) is 0 Å². The number of fused-ring (bicyclic) bond motifs is 1. The predicted molar refractivity (Wildman–Crippen MR) is 101 cm³/mol. The van der Waals surface area contributed by atoms with E-state index in [2.05, 4.69) is 32.9 Å². The van der Waals surface area contributed by atoms with E-state index in [0.717, 1.165) is 9.13 Å². The third-order valence-electron chi connectivity index (χ3n) is 3.49. The van der Waals surface area contributed by atoms with Gasteiger partial charge in [0.05, 0.1) is 6.42 Å². The van der Waals surface area contributed by atoms with Crippen LogP contribution in [0.5, 0.6) is 0 Å². The summed E-state index contributed by atoms with van der Waals surface area (Å²) in [4.78, 5) is 28.8. The van der Waals surface area contributed by atoms with Crippen LogP contribution in [0.4, 0.5) is 0 Å². The molecule has 0 fully saturated rings. The Labute approximate surface area is 156 Å². The fraction of sp³-hybridized carbons (Fsp3) is 0.118. The molecule has 3 aromatic rings. The van der Waals surface area contributed by atoms with Crippen molar-refractivity contribution in [2.75, 3.05) is 0 Å². The number of nitrogens with one attached hydrogen (secondary N) is 1. The van der Waals surface area contributed by atoms with Gasteiger partial charge in [0.15, 0.2) is 0 Å². The number of benzene rings is 1. The van der Waals surface area contributed by atoms with E-state index in [0.29, 0.717) is 22.8 Å². The molecule has 122 valence electrons. The normalized spacial score (nSPS) is 10.8. The maximum Gasteiger partial charge on any atom is 0.261 e. The largest absolute Gasteiger partial charge is 0.352 e. The van der Waals surface area contributed by atoms with Gasteiger partial charge in [-0.3, -0.25) is 14.0 Å². The summed E-state index contributed by atoms with van der Waals surface area (Å²) in [6.07, 6.45) is 3.17. The Morgan fingerprint density at radius 3 is 2.71 bits per heavy atom. The number of nitrogens with zero attached hydrogens (tertiary/aromatic N) is 2. The fourth-order valence-corrected chi connectivity index (χ4v) is 2.83. The van der Waals surface area contributed by atoms with E-state index in [1.54, 1.807) is 24.4 Å². The second kappa shape index (κ2) is 7.31. The quantitative estimate of drug-likeness (QED) is 0.618. The van der Waals surface area contributed by atoms with Gasteiger partial charge >= 0.3 is 0 Å². The lowest BCUT2D eigenvalue weighted by Gasteiger charge is -2.07. The molecule has 0 saturated carbocycles. The summed E-state index contributed by atoms with van der Waals surface area (Å²) in [5.74, 6) is -0.227. The molecular formula is C17H13ClIN3O2. The van der Waals surface area contributed by atoms with Crippen molar-refractivity contribution in [2.24, 2.45) is 0 Å². The van der Waals surface area contributed by atoms with Crippen LogP contribution in [0.3, 0.4) is 0 Å². The van der Waals surface area contributed by atoms with E-state index >= 15 is 0 Å². The molecular weight excluding hydrogens is 441 g/mol. The van der Waals surface area contributed by atoms with E-state index in [9.17, 15) is 9.59 Å². The Morgan fingerprint density at radius 1 is 1.21 bits per heavy atom. The van der Waals surface area contributed by atoms with Gasteiger partial charge in [-0.15, -0.1) is 0 Å². The molecule has 0 radical (unpaired) electrons. The number of hydrogen-bond donors (Lipinski definition) is 1. The first-order valence-corrected chi connectivity index (χ1v) is 8.65. The van der Waals surface area contributed by atoms with Crippen molar-refractivity contribution in [3.8, 4) is 0 Å². The highest BCUT2D eigenvalue weighted by Crippen LogP contribution is 2.09. The van der Waals surface area contributed by atoms with E-state index in [1.807, 2.05) is 18.2 Å². The van der Waals surface area contributed by atoms with Crippen LogP contribution in [-0.4, -0.2) is 15.3 Å². The zero-order chi connectivity index (χ0) is 17.1. The van der Waals surface area contributed by atoms with Crippen LogP contribution in [0.15, 0.2) is 53.6 Å². The Bertz CT molecular complexity index is 954. The van der Waals surface area contributed by atoms with Crippen molar-refractivity contribution in [1.82, 2.24) is 14.7 Å². The molecule has 24 heavy (non-hydrogen) atoms. The summed E-state index contributed by atoms with van der Waals surface area (Å²) in [5.41, 5.74) is 1.64. The first-order valence-electron chi connectivity index (χ1n) is 7.20. The molecule has 7 heteroatoms. The summed E-state index contributed by atoms with van der Waals surface area (Å²) in [6.45, 7) is 0.385. The number of carbonyl (C=O) groups excluding carboxylic acids is 1. The highest BCUT2D eigenvalue weighted by molar-refractivity contribution is 14.1. The standard InChI is InChI=1S/C17H13ClIN3O2/c18-13-3-1-11(2-4-13)8-21-16(23)7-12-9-20-15-6-5-14(19)10-22(15)17(12)24/h1-6,9-10H,7-8H2,(H,21,23). The summed E-state index contributed by atoms with van der Waals surface area (Å²) < 4.78 is 2.39. The van der Waals surface area contributed by atoms with Gasteiger partial charge in [0.2, 0.25) is 5.91 Å². The number of rotatable bonds is 4. The molecule has 1 amide bonds. The van der Waals surface area contributed by atoms with Gasteiger partial charge in [-0.25, -0.2) is 4.98 Å². The molecule has 0 aliphatic rings. The summed E-state index contributed by atoms with van der Waals surface area (Å²) in [6, 6.07) is 10.9. The van der Waals surface area contributed by atoms with Crippen LogP contribution in [0, 0.1) is 3.57 Å². The van der Waals surface area contributed by atoms with Crippen molar-refractivity contribution < 1.29 is 4.79 Å².